The zero-order chi connectivity index (χ0) is 12.8. The lowest BCUT2D eigenvalue weighted by Crippen LogP contribution is -2.37. The van der Waals surface area contributed by atoms with Crippen molar-refractivity contribution >= 4 is 0 Å². The van der Waals surface area contributed by atoms with Crippen molar-refractivity contribution in [2.45, 2.75) is 38.8 Å². The first-order chi connectivity index (χ1) is 8.02. The van der Waals surface area contributed by atoms with E-state index in [-0.39, 0.29) is 6.04 Å². The summed E-state index contributed by atoms with van der Waals surface area (Å²) in [4.78, 5) is 0. The molecule has 0 saturated carbocycles. The van der Waals surface area contributed by atoms with Crippen LogP contribution in [0.25, 0.3) is 0 Å². The maximum atomic E-state index is 9.87. The zero-order valence-electron chi connectivity index (χ0n) is 10.4. The van der Waals surface area contributed by atoms with E-state index in [1.165, 1.54) is 0 Å². The van der Waals surface area contributed by atoms with Gasteiger partial charge in [0.25, 0.3) is 0 Å². The molecule has 1 rings (SSSR count). The summed E-state index contributed by atoms with van der Waals surface area (Å²) in [6.07, 6.45) is 0.891. The Morgan fingerprint density at radius 1 is 1.29 bits per heavy atom. The molecule has 2 atom stereocenters. The van der Waals surface area contributed by atoms with E-state index in [0.29, 0.717) is 17.9 Å². The predicted octanol–water partition coefficient (Wildman–Crippen LogP) is 1.84. The molecule has 0 aliphatic rings. The van der Waals surface area contributed by atoms with E-state index >= 15 is 0 Å². The lowest BCUT2D eigenvalue weighted by atomic mass is 9.95. The molecule has 0 aliphatic heterocycles. The fourth-order valence-corrected chi connectivity index (χ4v) is 1.78. The van der Waals surface area contributed by atoms with Crippen molar-refractivity contribution in [2.24, 2.45) is 11.7 Å². The Kier molecular flexibility index (Phi) is 5.14. The number of nitrogens with zero attached hydrogens (tertiary/aromatic N) is 1. The summed E-state index contributed by atoms with van der Waals surface area (Å²) in [6.45, 7) is 4.13. The third kappa shape index (κ3) is 4.56. The minimum atomic E-state index is -0.467. The quantitative estimate of drug-likeness (QED) is 0.813. The number of nitriles is 1. The maximum Gasteiger partial charge on any atom is 0.0991 e. The van der Waals surface area contributed by atoms with Crippen LogP contribution in [0.3, 0.4) is 0 Å². The summed E-state index contributed by atoms with van der Waals surface area (Å²) < 4.78 is 0. The molecule has 0 heterocycles. The Balaban J connectivity index is 2.55. The molecular formula is C14H20N2O. The van der Waals surface area contributed by atoms with Crippen molar-refractivity contribution in [3.8, 4) is 6.07 Å². The molecule has 0 unspecified atom stereocenters. The standard InChI is InChI=1S/C14H20N2O/c1-10(2)7-14(17)13(16)8-11-3-5-12(9-15)6-4-11/h3-6,10,13-14,17H,7-8,16H2,1-2H3/t13-,14-/m1/s1. The van der Waals surface area contributed by atoms with E-state index in [9.17, 15) is 5.11 Å². The highest BCUT2D eigenvalue weighted by Crippen LogP contribution is 2.12. The number of hydrogen-bond acceptors (Lipinski definition) is 3. The van der Waals surface area contributed by atoms with Crippen LogP contribution >= 0.6 is 0 Å². The molecule has 3 N–H and O–H groups in total. The summed E-state index contributed by atoms with van der Waals surface area (Å²) in [5.41, 5.74) is 7.65. The third-order valence-electron chi connectivity index (χ3n) is 2.76. The first-order valence-electron chi connectivity index (χ1n) is 5.95. The van der Waals surface area contributed by atoms with Gasteiger partial charge in [0.15, 0.2) is 0 Å². The van der Waals surface area contributed by atoms with Gasteiger partial charge in [-0.3, -0.25) is 0 Å². The number of hydrogen-bond donors (Lipinski definition) is 2. The largest absolute Gasteiger partial charge is 0.391 e. The summed E-state index contributed by atoms with van der Waals surface area (Å²) in [7, 11) is 0. The van der Waals surface area contributed by atoms with Crippen LogP contribution in [0.2, 0.25) is 0 Å². The monoisotopic (exact) mass is 232 g/mol. The lowest BCUT2D eigenvalue weighted by Gasteiger charge is -2.20. The van der Waals surface area contributed by atoms with Crippen LogP contribution in [-0.4, -0.2) is 17.3 Å². The summed E-state index contributed by atoms with van der Waals surface area (Å²) in [6, 6.07) is 9.16. The van der Waals surface area contributed by atoms with Crippen LogP contribution < -0.4 is 5.73 Å². The van der Waals surface area contributed by atoms with Gasteiger partial charge in [0.05, 0.1) is 17.7 Å². The average molecular weight is 232 g/mol. The van der Waals surface area contributed by atoms with Crippen molar-refractivity contribution < 1.29 is 5.11 Å². The second-order valence-electron chi connectivity index (χ2n) is 4.87. The first-order valence-corrected chi connectivity index (χ1v) is 5.95. The molecule has 0 saturated heterocycles. The van der Waals surface area contributed by atoms with E-state index in [2.05, 4.69) is 19.9 Å². The molecule has 1 aromatic rings. The van der Waals surface area contributed by atoms with Gasteiger partial charge in [0.2, 0.25) is 0 Å². The average Bonchev–Trinajstić information content (AvgIpc) is 2.29. The third-order valence-corrected chi connectivity index (χ3v) is 2.76. The number of aliphatic hydroxyl groups excluding tert-OH is 1. The Hall–Kier alpha value is -1.37. The molecule has 0 aromatic heterocycles. The summed E-state index contributed by atoms with van der Waals surface area (Å²) in [5, 5.41) is 18.6. The normalized spacial score (nSPS) is 14.4. The SMILES string of the molecule is CC(C)C[C@@H](O)[C@H](N)Cc1ccc(C#N)cc1. The van der Waals surface area contributed by atoms with Crippen LogP contribution in [0, 0.1) is 17.2 Å². The minimum Gasteiger partial charge on any atom is -0.391 e. The van der Waals surface area contributed by atoms with Crippen LogP contribution in [0.4, 0.5) is 0 Å². The van der Waals surface area contributed by atoms with Gasteiger partial charge in [0.1, 0.15) is 0 Å². The van der Waals surface area contributed by atoms with Crippen molar-refractivity contribution in [3.63, 3.8) is 0 Å². The molecule has 0 radical (unpaired) electrons. The first kappa shape index (κ1) is 13.7. The second-order valence-corrected chi connectivity index (χ2v) is 4.87. The predicted molar refractivity (Wildman–Crippen MR) is 68.3 cm³/mol. The van der Waals surface area contributed by atoms with E-state index in [4.69, 9.17) is 11.0 Å². The van der Waals surface area contributed by atoms with Crippen molar-refractivity contribution in [2.75, 3.05) is 0 Å². The molecule has 17 heavy (non-hydrogen) atoms. The van der Waals surface area contributed by atoms with Gasteiger partial charge in [0, 0.05) is 6.04 Å². The molecule has 0 bridgehead atoms. The molecule has 0 amide bonds. The Labute approximate surface area is 103 Å². The minimum absolute atomic E-state index is 0.245. The fraction of sp³-hybridized carbons (Fsp3) is 0.500. The summed E-state index contributed by atoms with van der Waals surface area (Å²) >= 11 is 0. The Morgan fingerprint density at radius 3 is 2.35 bits per heavy atom. The Morgan fingerprint density at radius 2 is 1.88 bits per heavy atom. The van der Waals surface area contributed by atoms with Gasteiger partial charge in [-0.25, -0.2) is 0 Å². The van der Waals surface area contributed by atoms with Crippen molar-refractivity contribution in [1.82, 2.24) is 0 Å². The van der Waals surface area contributed by atoms with E-state index in [1.54, 1.807) is 12.1 Å². The molecule has 0 fully saturated rings. The van der Waals surface area contributed by atoms with Gasteiger partial charge < -0.3 is 10.8 Å². The Bertz CT molecular complexity index is 378. The van der Waals surface area contributed by atoms with Crippen LogP contribution in [0.15, 0.2) is 24.3 Å². The van der Waals surface area contributed by atoms with Gasteiger partial charge in [-0.05, 0) is 36.5 Å². The second kappa shape index (κ2) is 6.39. The van der Waals surface area contributed by atoms with Crippen molar-refractivity contribution in [3.05, 3.63) is 35.4 Å². The van der Waals surface area contributed by atoms with Crippen LogP contribution in [0.5, 0.6) is 0 Å². The number of benzene rings is 1. The van der Waals surface area contributed by atoms with Gasteiger partial charge in [-0.15, -0.1) is 0 Å². The van der Waals surface area contributed by atoms with Gasteiger partial charge in [-0.1, -0.05) is 26.0 Å². The van der Waals surface area contributed by atoms with Gasteiger partial charge >= 0.3 is 0 Å². The van der Waals surface area contributed by atoms with Gasteiger partial charge in [-0.2, -0.15) is 5.26 Å². The van der Waals surface area contributed by atoms with Crippen LogP contribution in [-0.2, 0) is 6.42 Å². The topological polar surface area (TPSA) is 70.0 Å². The maximum absolute atomic E-state index is 9.87. The van der Waals surface area contributed by atoms with E-state index in [0.717, 1.165) is 12.0 Å². The van der Waals surface area contributed by atoms with E-state index in [1.807, 2.05) is 12.1 Å². The highest BCUT2D eigenvalue weighted by molar-refractivity contribution is 5.31. The molecular weight excluding hydrogens is 212 g/mol. The molecule has 3 heteroatoms. The van der Waals surface area contributed by atoms with E-state index < -0.39 is 6.10 Å². The molecule has 3 nitrogen and oxygen atoms in total. The molecule has 0 spiro atoms. The lowest BCUT2D eigenvalue weighted by molar-refractivity contribution is 0.120. The van der Waals surface area contributed by atoms with Crippen LogP contribution in [0.1, 0.15) is 31.4 Å². The smallest absolute Gasteiger partial charge is 0.0991 e. The highest BCUT2D eigenvalue weighted by Gasteiger charge is 2.16. The number of rotatable bonds is 5. The van der Waals surface area contributed by atoms with Crippen molar-refractivity contribution in [1.29, 1.82) is 5.26 Å². The zero-order valence-corrected chi connectivity index (χ0v) is 10.4. The molecule has 0 aliphatic carbocycles. The number of nitrogens with two attached hydrogens (primary N) is 1. The molecule has 92 valence electrons. The number of aliphatic hydroxyl groups is 1. The fourth-order valence-electron chi connectivity index (χ4n) is 1.78. The summed E-state index contributed by atoms with van der Waals surface area (Å²) in [5.74, 6) is 0.442. The highest BCUT2D eigenvalue weighted by atomic mass is 16.3. The molecule has 1 aromatic carbocycles.